The second-order valence-corrected chi connectivity index (χ2v) is 5.14. The molecule has 0 aliphatic rings. The molecule has 0 atom stereocenters. The zero-order chi connectivity index (χ0) is 12.3. The summed E-state index contributed by atoms with van der Waals surface area (Å²) in [5.41, 5.74) is 7.00. The number of benzene rings is 1. The Kier molecular flexibility index (Phi) is 3.38. The van der Waals surface area contributed by atoms with Crippen LogP contribution in [0.5, 0.6) is 0 Å². The summed E-state index contributed by atoms with van der Waals surface area (Å²) >= 11 is 0. The van der Waals surface area contributed by atoms with E-state index in [2.05, 4.69) is 9.88 Å². The van der Waals surface area contributed by atoms with Gasteiger partial charge in [0, 0.05) is 5.56 Å². The minimum atomic E-state index is -3.34. The van der Waals surface area contributed by atoms with Gasteiger partial charge < -0.3 is 10.9 Å². The Hall–Kier alpha value is -1.76. The fourth-order valence-electron chi connectivity index (χ4n) is 1.15. The predicted octanol–water partition coefficient (Wildman–Crippen LogP) is 0.461. The maximum atomic E-state index is 11.1. The smallest absolute Gasteiger partial charge is 0.229 e. The molecule has 0 aliphatic carbocycles. The van der Waals surface area contributed by atoms with Crippen LogP contribution in [0.3, 0.4) is 0 Å². The van der Waals surface area contributed by atoms with Gasteiger partial charge >= 0.3 is 0 Å². The van der Waals surface area contributed by atoms with Crippen LogP contribution in [0.2, 0.25) is 0 Å². The molecule has 7 heteroatoms. The maximum Gasteiger partial charge on any atom is 0.229 e. The summed E-state index contributed by atoms with van der Waals surface area (Å²) in [5.74, 6) is -0.0726. The Morgan fingerprint density at radius 3 is 2.62 bits per heavy atom. The fraction of sp³-hybridized carbons (Fsp3) is 0.222. The van der Waals surface area contributed by atoms with Gasteiger partial charge in [0.25, 0.3) is 0 Å². The first-order chi connectivity index (χ1) is 7.33. The van der Waals surface area contributed by atoms with Crippen LogP contribution in [0.1, 0.15) is 11.1 Å². The summed E-state index contributed by atoms with van der Waals surface area (Å²) in [6.45, 7) is 1.75. The van der Waals surface area contributed by atoms with Crippen molar-refractivity contribution in [2.45, 2.75) is 6.92 Å². The summed E-state index contributed by atoms with van der Waals surface area (Å²) in [6, 6.07) is 4.82. The summed E-state index contributed by atoms with van der Waals surface area (Å²) < 4.78 is 24.5. The molecule has 0 saturated carbocycles. The minimum Gasteiger partial charge on any atom is -0.409 e. The third-order valence-corrected chi connectivity index (χ3v) is 2.53. The highest BCUT2D eigenvalue weighted by molar-refractivity contribution is 7.92. The molecular formula is C9H13N3O3S. The first-order valence-corrected chi connectivity index (χ1v) is 6.29. The first-order valence-electron chi connectivity index (χ1n) is 4.40. The Labute approximate surface area is 93.8 Å². The number of hydrogen-bond donors (Lipinski definition) is 3. The Morgan fingerprint density at radius 1 is 1.50 bits per heavy atom. The van der Waals surface area contributed by atoms with Gasteiger partial charge in [-0.3, -0.25) is 4.72 Å². The lowest BCUT2D eigenvalue weighted by Gasteiger charge is -2.09. The maximum absolute atomic E-state index is 11.1. The molecule has 4 N–H and O–H groups in total. The van der Waals surface area contributed by atoms with E-state index in [0.717, 1.165) is 11.8 Å². The lowest BCUT2D eigenvalue weighted by molar-refractivity contribution is 0.318. The lowest BCUT2D eigenvalue weighted by atomic mass is 10.1. The van der Waals surface area contributed by atoms with Crippen molar-refractivity contribution in [3.05, 3.63) is 29.3 Å². The molecule has 16 heavy (non-hydrogen) atoms. The van der Waals surface area contributed by atoms with Crippen LogP contribution in [-0.4, -0.2) is 25.7 Å². The van der Waals surface area contributed by atoms with Crippen LogP contribution in [0.4, 0.5) is 5.69 Å². The van der Waals surface area contributed by atoms with Gasteiger partial charge in [0.2, 0.25) is 10.0 Å². The molecule has 0 bridgehead atoms. The van der Waals surface area contributed by atoms with E-state index in [-0.39, 0.29) is 5.84 Å². The monoisotopic (exact) mass is 243 g/mol. The van der Waals surface area contributed by atoms with Crippen molar-refractivity contribution in [3.63, 3.8) is 0 Å². The molecule has 88 valence electrons. The molecule has 0 fully saturated rings. The molecule has 0 amide bonds. The van der Waals surface area contributed by atoms with E-state index in [4.69, 9.17) is 10.9 Å². The van der Waals surface area contributed by atoms with E-state index in [0.29, 0.717) is 11.3 Å². The SMILES string of the molecule is Cc1ccc(C(N)=NO)cc1NS(C)(=O)=O. The molecule has 0 spiro atoms. The molecule has 0 saturated heterocycles. The normalized spacial score (nSPS) is 12.5. The molecule has 0 aliphatic heterocycles. The number of anilines is 1. The van der Waals surface area contributed by atoms with E-state index < -0.39 is 10.0 Å². The van der Waals surface area contributed by atoms with Gasteiger partial charge in [-0.15, -0.1) is 0 Å². The molecule has 1 rings (SSSR count). The van der Waals surface area contributed by atoms with Gasteiger partial charge in [-0.05, 0) is 18.6 Å². The van der Waals surface area contributed by atoms with Crippen molar-refractivity contribution in [1.82, 2.24) is 0 Å². The number of nitrogens with two attached hydrogens (primary N) is 1. The van der Waals surface area contributed by atoms with Crippen LogP contribution in [0.15, 0.2) is 23.4 Å². The topological polar surface area (TPSA) is 105 Å². The van der Waals surface area contributed by atoms with Gasteiger partial charge in [-0.25, -0.2) is 8.42 Å². The number of rotatable bonds is 3. The number of amidine groups is 1. The van der Waals surface area contributed by atoms with Crippen molar-refractivity contribution >= 4 is 21.5 Å². The summed E-state index contributed by atoms with van der Waals surface area (Å²) in [7, 11) is -3.34. The highest BCUT2D eigenvalue weighted by Gasteiger charge is 2.07. The van der Waals surface area contributed by atoms with Crippen molar-refractivity contribution in [1.29, 1.82) is 0 Å². The Balaban J connectivity index is 3.19. The molecule has 0 aromatic heterocycles. The molecule has 0 radical (unpaired) electrons. The highest BCUT2D eigenvalue weighted by atomic mass is 32.2. The van der Waals surface area contributed by atoms with Gasteiger partial charge in [0.15, 0.2) is 5.84 Å². The number of aryl methyl sites for hydroxylation is 1. The third kappa shape index (κ3) is 3.13. The van der Waals surface area contributed by atoms with Crippen LogP contribution in [0, 0.1) is 6.92 Å². The van der Waals surface area contributed by atoms with Gasteiger partial charge in [-0.1, -0.05) is 17.3 Å². The third-order valence-electron chi connectivity index (χ3n) is 1.94. The summed E-state index contributed by atoms with van der Waals surface area (Å²) in [4.78, 5) is 0. The van der Waals surface area contributed by atoms with E-state index in [1.165, 1.54) is 6.07 Å². The molecule has 6 nitrogen and oxygen atoms in total. The van der Waals surface area contributed by atoms with Crippen molar-refractivity contribution in [2.24, 2.45) is 10.9 Å². The number of oxime groups is 1. The largest absolute Gasteiger partial charge is 0.409 e. The van der Waals surface area contributed by atoms with Crippen molar-refractivity contribution in [2.75, 3.05) is 11.0 Å². The van der Waals surface area contributed by atoms with Crippen molar-refractivity contribution < 1.29 is 13.6 Å². The number of sulfonamides is 1. The number of nitrogens with zero attached hydrogens (tertiary/aromatic N) is 1. The molecule has 1 aromatic rings. The van der Waals surface area contributed by atoms with Gasteiger partial charge in [0.05, 0.1) is 11.9 Å². The Morgan fingerprint density at radius 2 is 2.12 bits per heavy atom. The van der Waals surface area contributed by atoms with Crippen molar-refractivity contribution in [3.8, 4) is 0 Å². The van der Waals surface area contributed by atoms with E-state index in [9.17, 15) is 8.42 Å². The van der Waals surface area contributed by atoms with Gasteiger partial charge in [-0.2, -0.15) is 0 Å². The standard InChI is InChI=1S/C9H13N3O3S/c1-6-3-4-7(9(10)11-13)5-8(6)12-16(2,14)15/h3-5,12-13H,1-2H3,(H2,10,11). The molecular weight excluding hydrogens is 230 g/mol. The zero-order valence-electron chi connectivity index (χ0n) is 8.93. The molecule has 1 aromatic carbocycles. The van der Waals surface area contributed by atoms with E-state index >= 15 is 0 Å². The van der Waals surface area contributed by atoms with Crippen LogP contribution >= 0.6 is 0 Å². The number of nitrogens with one attached hydrogen (secondary N) is 1. The van der Waals surface area contributed by atoms with Crippen LogP contribution in [0.25, 0.3) is 0 Å². The zero-order valence-corrected chi connectivity index (χ0v) is 9.75. The fourth-order valence-corrected chi connectivity index (χ4v) is 1.77. The molecule has 0 unspecified atom stereocenters. The summed E-state index contributed by atoms with van der Waals surface area (Å²) in [6.07, 6.45) is 1.06. The van der Waals surface area contributed by atoms with E-state index in [1.807, 2.05) is 0 Å². The predicted molar refractivity (Wildman–Crippen MR) is 62.2 cm³/mol. The second-order valence-electron chi connectivity index (χ2n) is 3.39. The lowest BCUT2D eigenvalue weighted by Crippen LogP contribution is -2.15. The summed E-state index contributed by atoms with van der Waals surface area (Å²) in [5, 5.41) is 11.3. The van der Waals surface area contributed by atoms with E-state index in [1.54, 1.807) is 19.1 Å². The molecule has 0 heterocycles. The minimum absolute atomic E-state index is 0.0726. The first kappa shape index (κ1) is 12.3. The highest BCUT2D eigenvalue weighted by Crippen LogP contribution is 2.17. The van der Waals surface area contributed by atoms with Crippen LogP contribution < -0.4 is 10.5 Å². The quantitative estimate of drug-likeness (QED) is 0.310. The van der Waals surface area contributed by atoms with Gasteiger partial charge in [0.1, 0.15) is 0 Å². The average Bonchev–Trinajstić information content (AvgIpc) is 2.18. The average molecular weight is 243 g/mol. The van der Waals surface area contributed by atoms with Crippen LogP contribution in [-0.2, 0) is 10.0 Å². The second kappa shape index (κ2) is 4.40. The Bertz CT molecular complexity index is 523. The number of hydrogen-bond acceptors (Lipinski definition) is 4.